The highest BCUT2D eigenvalue weighted by Crippen LogP contribution is 2.28. The Hall–Kier alpha value is -3.65. The number of nitrogens with zero attached hydrogens (tertiary/aromatic N) is 1. The van der Waals surface area contributed by atoms with E-state index in [-0.39, 0.29) is 12.5 Å². The monoisotopic (exact) mass is 438 g/mol. The Morgan fingerprint density at radius 3 is 2.58 bits per heavy atom. The summed E-state index contributed by atoms with van der Waals surface area (Å²) in [6, 6.07) is 16.0. The van der Waals surface area contributed by atoms with Gasteiger partial charge in [-0.2, -0.15) is 5.10 Å². The maximum absolute atomic E-state index is 12.1. The van der Waals surface area contributed by atoms with Crippen molar-refractivity contribution in [2.75, 3.05) is 13.7 Å². The molecule has 0 spiro atoms. The Balaban J connectivity index is 1.52. The van der Waals surface area contributed by atoms with Crippen LogP contribution in [-0.2, 0) is 11.2 Å². The second-order valence-corrected chi connectivity index (χ2v) is 7.30. The first-order valence-corrected chi connectivity index (χ1v) is 10.4. The molecule has 3 aromatic rings. The molecule has 0 aliphatic heterocycles. The molecule has 31 heavy (non-hydrogen) atoms. The Bertz CT molecular complexity index is 1050. The van der Waals surface area contributed by atoms with Crippen LogP contribution < -0.4 is 19.6 Å². The number of benzene rings is 2. The van der Waals surface area contributed by atoms with E-state index >= 15 is 0 Å². The van der Waals surface area contributed by atoms with Crippen LogP contribution >= 0.6 is 11.3 Å². The van der Waals surface area contributed by atoms with Crippen LogP contribution in [-0.4, -0.2) is 31.8 Å². The number of thiophene rings is 1. The first kappa shape index (κ1) is 22.0. The Morgan fingerprint density at radius 2 is 1.90 bits per heavy atom. The van der Waals surface area contributed by atoms with E-state index in [9.17, 15) is 9.59 Å². The maximum atomic E-state index is 12.1. The number of aryl methyl sites for hydroxylation is 1. The molecule has 0 radical (unpaired) electrons. The highest BCUT2D eigenvalue weighted by Gasteiger charge is 2.13. The van der Waals surface area contributed by atoms with Gasteiger partial charge in [0.1, 0.15) is 10.6 Å². The molecule has 8 heteroatoms. The molecule has 0 saturated carbocycles. The van der Waals surface area contributed by atoms with E-state index in [1.54, 1.807) is 35.7 Å². The molecule has 1 amide bonds. The second kappa shape index (κ2) is 10.9. The number of carbonyl (C=O) groups excluding carboxylic acids is 2. The third-order valence-corrected chi connectivity index (χ3v) is 5.07. The number of ether oxygens (including phenoxy) is 3. The van der Waals surface area contributed by atoms with Gasteiger partial charge in [0, 0.05) is 0 Å². The van der Waals surface area contributed by atoms with Crippen LogP contribution in [0.5, 0.6) is 17.2 Å². The minimum Gasteiger partial charge on any atom is -0.493 e. The van der Waals surface area contributed by atoms with Gasteiger partial charge in [0.2, 0.25) is 0 Å². The Kier molecular flexibility index (Phi) is 7.78. The summed E-state index contributed by atoms with van der Waals surface area (Å²) in [5.41, 5.74) is 4.26. The predicted octanol–water partition coefficient (Wildman–Crippen LogP) is 4.07. The van der Waals surface area contributed by atoms with Crippen molar-refractivity contribution in [1.29, 1.82) is 0 Å². The average Bonchev–Trinajstić information content (AvgIpc) is 3.34. The van der Waals surface area contributed by atoms with Crippen LogP contribution in [0.3, 0.4) is 0 Å². The second-order valence-electron chi connectivity index (χ2n) is 6.36. The van der Waals surface area contributed by atoms with Gasteiger partial charge >= 0.3 is 5.97 Å². The molecule has 2 aromatic carbocycles. The minimum atomic E-state index is -0.452. The number of esters is 1. The minimum absolute atomic E-state index is 0.149. The summed E-state index contributed by atoms with van der Waals surface area (Å²) in [6.07, 6.45) is 2.40. The standard InChI is InChI=1S/C23H22N2O5S/c1-3-16-6-9-18(10-7-16)29-15-22(26)25-24-14-17-8-11-19(20(13-17)28-2)30-23(27)21-5-4-12-31-21/h4-14H,3,15H2,1-2H3,(H,25,26)/b24-14+. The Labute approximate surface area is 184 Å². The number of nitrogens with one attached hydrogen (secondary N) is 1. The third-order valence-electron chi connectivity index (χ3n) is 4.22. The molecule has 1 heterocycles. The lowest BCUT2D eigenvalue weighted by atomic mass is 10.2. The fourth-order valence-electron chi connectivity index (χ4n) is 2.58. The highest BCUT2D eigenvalue weighted by atomic mass is 32.1. The van der Waals surface area contributed by atoms with Gasteiger partial charge in [-0.25, -0.2) is 10.2 Å². The van der Waals surface area contributed by atoms with E-state index in [1.165, 1.54) is 30.2 Å². The van der Waals surface area contributed by atoms with Crippen LogP contribution in [0, 0.1) is 0 Å². The quantitative estimate of drug-likeness (QED) is 0.236. The maximum Gasteiger partial charge on any atom is 0.353 e. The normalized spacial score (nSPS) is 10.6. The number of hydrogen-bond donors (Lipinski definition) is 1. The molecule has 160 valence electrons. The summed E-state index contributed by atoms with van der Waals surface area (Å²) in [7, 11) is 1.48. The van der Waals surface area contributed by atoms with Gasteiger partial charge < -0.3 is 14.2 Å². The third kappa shape index (κ3) is 6.42. The SMILES string of the molecule is CCc1ccc(OCC(=O)N/N=C/c2ccc(OC(=O)c3cccs3)c(OC)c2)cc1. The predicted molar refractivity (Wildman–Crippen MR) is 119 cm³/mol. The fourth-order valence-corrected chi connectivity index (χ4v) is 3.17. The van der Waals surface area contributed by atoms with Crippen molar-refractivity contribution < 1.29 is 23.8 Å². The van der Waals surface area contributed by atoms with E-state index in [0.717, 1.165) is 6.42 Å². The van der Waals surface area contributed by atoms with Crippen LogP contribution in [0.4, 0.5) is 0 Å². The number of carbonyl (C=O) groups is 2. The van der Waals surface area contributed by atoms with Gasteiger partial charge in [-0.3, -0.25) is 4.79 Å². The summed E-state index contributed by atoms with van der Waals surface area (Å²) >= 11 is 1.30. The lowest BCUT2D eigenvalue weighted by Gasteiger charge is -2.09. The summed E-state index contributed by atoms with van der Waals surface area (Å²) in [6.45, 7) is 1.92. The van der Waals surface area contributed by atoms with Gasteiger partial charge in [-0.1, -0.05) is 25.1 Å². The molecular formula is C23H22N2O5S. The zero-order valence-electron chi connectivity index (χ0n) is 17.2. The van der Waals surface area contributed by atoms with Crippen LogP contribution in [0.2, 0.25) is 0 Å². The molecule has 0 fully saturated rings. The van der Waals surface area contributed by atoms with Crippen molar-refractivity contribution in [2.24, 2.45) is 5.10 Å². The molecular weight excluding hydrogens is 416 g/mol. The first-order valence-electron chi connectivity index (χ1n) is 9.56. The van der Waals surface area contributed by atoms with E-state index in [0.29, 0.717) is 27.7 Å². The number of amides is 1. The van der Waals surface area contributed by atoms with Crippen molar-refractivity contribution >= 4 is 29.4 Å². The molecule has 3 rings (SSSR count). The fraction of sp³-hybridized carbons (Fsp3) is 0.174. The van der Waals surface area contributed by atoms with E-state index in [4.69, 9.17) is 14.2 Å². The number of hydrogen-bond acceptors (Lipinski definition) is 7. The summed E-state index contributed by atoms with van der Waals surface area (Å²) < 4.78 is 16.1. The zero-order valence-corrected chi connectivity index (χ0v) is 18.0. The molecule has 0 aliphatic carbocycles. The lowest BCUT2D eigenvalue weighted by Crippen LogP contribution is -2.24. The van der Waals surface area contributed by atoms with E-state index < -0.39 is 5.97 Å². The van der Waals surface area contributed by atoms with Crippen LogP contribution in [0.1, 0.15) is 27.7 Å². The lowest BCUT2D eigenvalue weighted by molar-refractivity contribution is -0.123. The summed E-state index contributed by atoms with van der Waals surface area (Å²) in [4.78, 5) is 24.5. The first-order chi connectivity index (χ1) is 15.1. The van der Waals surface area contributed by atoms with Crippen LogP contribution in [0.15, 0.2) is 65.1 Å². The molecule has 1 N–H and O–H groups in total. The van der Waals surface area contributed by atoms with E-state index in [2.05, 4.69) is 17.5 Å². The topological polar surface area (TPSA) is 86.2 Å². The molecule has 0 unspecified atom stereocenters. The van der Waals surface area contributed by atoms with Crippen molar-refractivity contribution in [3.8, 4) is 17.2 Å². The van der Waals surface area contributed by atoms with Crippen molar-refractivity contribution in [1.82, 2.24) is 5.43 Å². The molecule has 0 aliphatic rings. The van der Waals surface area contributed by atoms with Gasteiger partial charge in [0.25, 0.3) is 5.91 Å². The average molecular weight is 439 g/mol. The molecule has 0 saturated heterocycles. The molecule has 1 aromatic heterocycles. The molecule has 0 bridgehead atoms. The smallest absolute Gasteiger partial charge is 0.353 e. The number of methoxy groups -OCH3 is 1. The van der Waals surface area contributed by atoms with Crippen LogP contribution in [0.25, 0.3) is 0 Å². The Morgan fingerprint density at radius 1 is 1.10 bits per heavy atom. The summed E-state index contributed by atoms with van der Waals surface area (Å²) in [5, 5.41) is 5.72. The van der Waals surface area contributed by atoms with Crippen molar-refractivity contribution in [2.45, 2.75) is 13.3 Å². The molecule has 7 nitrogen and oxygen atoms in total. The number of rotatable bonds is 9. The van der Waals surface area contributed by atoms with Gasteiger partial charge in [0.15, 0.2) is 18.1 Å². The summed E-state index contributed by atoms with van der Waals surface area (Å²) in [5.74, 6) is 0.452. The molecule has 0 atom stereocenters. The van der Waals surface area contributed by atoms with Crippen molar-refractivity contribution in [3.63, 3.8) is 0 Å². The van der Waals surface area contributed by atoms with Gasteiger partial charge in [0.05, 0.1) is 13.3 Å². The zero-order chi connectivity index (χ0) is 22.1. The highest BCUT2D eigenvalue weighted by molar-refractivity contribution is 7.12. The van der Waals surface area contributed by atoms with Crippen molar-refractivity contribution in [3.05, 3.63) is 76.0 Å². The van der Waals surface area contributed by atoms with E-state index in [1.807, 2.05) is 24.3 Å². The number of hydrazone groups is 1. The van der Waals surface area contributed by atoms with Gasteiger partial charge in [-0.15, -0.1) is 11.3 Å². The van der Waals surface area contributed by atoms with Gasteiger partial charge in [-0.05, 0) is 59.3 Å². The largest absolute Gasteiger partial charge is 0.493 e.